The average Bonchev–Trinajstić information content (AvgIpc) is 2.20. The Labute approximate surface area is 79.2 Å². The number of piperidine rings is 1. The molecule has 2 rings (SSSR count). The lowest BCUT2D eigenvalue weighted by Gasteiger charge is -2.49. The van der Waals surface area contributed by atoms with E-state index in [0.717, 1.165) is 32.6 Å². The Hall–Kier alpha value is -0.160. The number of fused-ring (bicyclic) bond motifs is 2. The summed E-state index contributed by atoms with van der Waals surface area (Å²) in [4.78, 5) is 2.46. The van der Waals surface area contributed by atoms with Gasteiger partial charge in [-0.05, 0) is 0 Å². The SMILES string of the molecule is COC1(OC)CCN2CCNC1C2. The van der Waals surface area contributed by atoms with E-state index in [2.05, 4.69) is 10.2 Å². The topological polar surface area (TPSA) is 33.7 Å². The first-order chi connectivity index (χ1) is 6.30. The molecule has 0 radical (unpaired) electrons. The molecule has 2 bridgehead atoms. The molecule has 2 unspecified atom stereocenters. The van der Waals surface area contributed by atoms with Crippen molar-refractivity contribution in [2.24, 2.45) is 0 Å². The van der Waals surface area contributed by atoms with E-state index in [-0.39, 0.29) is 0 Å². The van der Waals surface area contributed by atoms with E-state index >= 15 is 0 Å². The van der Waals surface area contributed by atoms with Gasteiger partial charge in [-0.1, -0.05) is 0 Å². The number of rotatable bonds is 2. The summed E-state index contributed by atoms with van der Waals surface area (Å²) in [6.07, 6.45) is 0.956. The molecule has 2 aliphatic heterocycles. The van der Waals surface area contributed by atoms with Crippen LogP contribution in [0.25, 0.3) is 0 Å². The van der Waals surface area contributed by atoms with Gasteiger partial charge in [-0.15, -0.1) is 0 Å². The first-order valence-electron chi connectivity index (χ1n) is 4.87. The highest BCUT2D eigenvalue weighted by molar-refractivity contribution is 4.95. The van der Waals surface area contributed by atoms with E-state index in [1.807, 2.05) is 0 Å². The van der Waals surface area contributed by atoms with Crippen LogP contribution in [0.1, 0.15) is 6.42 Å². The average molecular weight is 186 g/mol. The minimum absolute atomic E-state index is 0.324. The second-order valence-electron chi connectivity index (χ2n) is 3.78. The zero-order valence-electron chi connectivity index (χ0n) is 8.38. The van der Waals surface area contributed by atoms with Crippen LogP contribution in [0.15, 0.2) is 0 Å². The Morgan fingerprint density at radius 1 is 1.31 bits per heavy atom. The van der Waals surface area contributed by atoms with Crippen molar-refractivity contribution in [1.82, 2.24) is 10.2 Å². The minimum atomic E-state index is -0.392. The van der Waals surface area contributed by atoms with Crippen LogP contribution in [0.5, 0.6) is 0 Å². The van der Waals surface area contributed by atoms with E-state index < -0.39 is 5.79 Å². The summed E-state index contributed by atoms with van der Waals surface area (Å²) in [5.74, 6) is -0.392. The molecular weight excluding hydrogens is 168 g/mol. The molecule has 0 aliphatic carbocycles. The quantitative estimate of drug-likeness (QED) is 0.598. The van der Waals surface area contributed by atoms with Gasteiger partial charge >= 0.3 is 0 Å². The van der Waals surface area contributed by atoms with Crippen LogP contribution in [0.2, 0.25) is 0 Å². The van der Waals surface area contributed by atoms with Gasteiger partial charge in [-0.2, -0.15) is 0 Å². The summed E-state index contributed by atoms with van der Waals surface area (Å²) in [7, 11) is 3.46. The lowest BCUT2D eigenvalue weighted by molar-refractivity contribution is -0.249. The number of methoxy groups -OCH3 is 2. The summed E-state index contributed by atoms with van der Waals surface area (Å²) in [5, 5.41) is 3.45. The number of hydrogen-bond acceptors (Lipinski definition) is 4. The van der Waals surface area contributed by atoms with Gasteiger partial charge in [0.05, 0.1) is 6.04 Å². The molecule has 13 heavy (non-hydrogen) atoms. The Bertz CT molecular complexity index is 182. The molecular formula is C9H18N2O2. The van der Waals surface area contributed by atoms with E-state index in [1.165, 1.54) is 0 Å². The van der Waals surface area contributed by atoms with Crippen molar-refractivity contribution in [3.8, 4) is 0 Å². The van der Waals surface area contributed by atoms with Crippen molar-refractivity contribution in [2.45, 2.75) is 18.2 Å². The summed E-state index contributed by atoms with van der Waals surface area (Å²) in [6.45, 7) is 4.32. The van der Waals surface area contributed by atoms with Crippen molar-refractivity contribution in [3.05, 3.63) is 0 Å². The molecule has 2 fully saturated rings. The largest absolute Gasteiger partial charge is 0.352 e. The van der Waals surface area contributed by atoms with Crippen LogP contribution in [0.4, 0.5) is 0 Å². The molecule has 4 nitrogen and oxygen atoms in total. The van der Waals surface area contributed by atoms with E-state index in [1.54, 1.807) is 14.2 Å². The molecule has 2 heterocycles. The Morgan fingerprint density at radius 3 is 2.77 bits per heavy atom. The molecule has 0 spiro atoms. The maximum Gasteiger partial charge on any atom is 0.185 e. The number of nitrogens with one attached hydrogen (secondary N) is 1. The fourth-order valence-corrected chi connectivity index (χ4v) is 2.37. The fourth-order valence-electron chi connectivity index (χ4n) is 2.37. The van der Waals surface area contributed by atoms with Gasteiger partial charge in [0.15, 0.2) is 5.79 Å². The van der Waals surface area contributed by atoms with Crippen LogP contribution in [0.3, 0.4) is 0 Å². The highest BCUT2D eigenvalue weighted by Crippen LogP contribution is 2.28. The molecule has 2 aliphatic rings. The third-order valence-corrected chi connectivity index (χ3v) is 3.26. The second kappa shape index (κ2) is 3.53. The summed E-state index contributed by atoms with van der Waals surface area (Å²) < 4.78 is 11.0. The van der Waals surface area contributed by atoms with Crippen LogP contribution in [0, 0.1) is 0 Å². The monoisotopic (exact) mass is 186 g/mol. The van der Waals surface area contributed by atoms with Gasteiger partial charge in [-0.3, -0.25) is 0 Å². The first kappa shape index (κ1) is 9.40. The zero-order chi connectivity index (χ0) is 9.31. The lowest BCUT2D eigenvalue weighted by Crippen LogP contribution is -2.67. The summed E-state index contributed by atoms with van der Waals surface area (Å²) in [5.41, 5.74) is 0. The number of piperazine rings is 1. The van der Waals surface area contributed by atoms with Gasteiger partial charge in [0.2, 0.25) is 0 Å². The minimum Gasteiger partial charge on any atom is -0.352 e. The molecule has 2 atom stereocenters. The van der Waals surface area contributed by atoms with Gasteiger partial charge in [0, 0.05) is 46.8 Å². The van der Waals surface area contributed by atoms with Crippen LogP contribution >= 0.6 is 0 Å². The molecule has 4 heteroatoms. The number of ether oxygens (including phenoxy) is 2. The standard InChI is InChI=1S/C9H18N2O2/c1-12-9(13-2)3-5-11-6-4-10-8(9)7-11/h8,10H,3-7H2,1-2H3. The van der Waals surface area contributed by atoms with Crippen molar-refractivity contribution < 1.29 is 9.47 Å². The van der Waals surface area contributed by atoms with Gasteiger partial charge in [0.25, 0.3) is 0 Å². The second-order valence-corrected chi connectivity index (χ2v) is 3.78. The Kier molecular flexibility index (Phi) is 2.55. The van der Waals surface area contributed by atoms with Crippen molar-refractivity contribution in [3.63, 3.8) is 0 Å². The Balaban J connectivity index is 2.11. The Morgan fingerprint density at radius 2 is 2.08 bits per heavy atom. The molecule has 0 aromatic rings. The predicted molar refractivity (Wildman–Crippen MR) is 49.6 cm³/mol. The maximum atomic E-state index is 5.50. The summed E-state index contributed by atoms with van der Waals surface area (Å²) >= 11 is 0. The molecule has 0 saturated carbocycles. The molecule has 1 N–H and O–H groups in total. The highest BCUT2D eigenvalue weighted by atomic mass is 16.7. The first-order valence-corrected chi connectivity index (χ1v) is 4.87. The maximum absolute atomic E-state index is 5.50. The van der Waals surface area contributed by atoms with Crippen LogP contribution < -0.4 is 5.32 Å². The van der Waals surface area contributed by atoms with E-state index in [9.17, 15) is 0 Å². The molecule has 0 aromatic heterocycles. The number of nitrogens with zero attached hydrogens (tertiary/aromatic N) is 1. The predicted octanol–water partition coefficient (Wildman–Crippen LogP) is -0.347. The van der Waals surface area contributed by atoms with Crippen molar-refractivity contribution in [1.29, 1.82) is 0 Å². The van der Waals surface area contributed by atoms with Crippen molar-refractivity contribution >= 4 is 0 Å². The zero-order valence-corrected chi connectivity index (χ0v) is 8.38. The lowest BCUT2D eigenvalue weighted by atomic mass is 9.95. The van der Waals surface area contributed by atoms with Crippen LogP contribution in [-0.4, -0.2) is 57.1 Å². The molecule has 76 valence electrons. The van der Waals surface area contributed by atoms with Gasteiger partial charge < -0.3 is 19.7 Å². The molecule has 0 aromatic carbocycles. The normalized spacial score (nSPS) is 37.4. The third kappa shape index (κ3) is 1.48. The van der Waals surface area contributed by atoms with Crippen molar-refractivity contribution in [2.75, 3.05) is 40.4 Å². The van der Waals surface area contributed by atoms with Crippen LogP contribution in [-0.2, 0) is 9.47 Å². The fraction of sp³-hybridized carbons (Fsp3) is 1.00. The molecule has 0 amide bonds. The highest BCUT2D eigenvalue weighted by Gasteiger charge is 2.45. The number of hydrogen-bond donors (Lipinski definition) is 1. The van der Waals surface area contributed by atoms with Gasteiger partial charge in [0.1, 0.15) is 0 Å². The summed E-state index contributed by atoms with van der Waals surface area (Å²) in [6, 6.07) is 0.324. The smallest absolute Gasteiger partial charge is 0.185 e. The van der Waals surface area contributed by atoms with E-state index in [4.69, 9.17) is 9.47 Å². The molecule has 2 saturated heterocycles. The van der Waals surface area contributed by atoms with E-state index in [0.29, 0.717) is 6.04 Å². The third-order valence-electron chi connectivity index (χ3n) is 3.26. The van der Waals surface area contributed by atoms with Gasteiger partial charge in [-0.25, -0.2) is 0 Å².